The van der Waals surface area contributed by atoms with Gasteiger partial charge in [0.1, 0.15) is 12.1 Å². The average Bonchev–Trinajstić information content (AvgIpc) is 2.81. The van der Waals surface area contributed by atoms with E-state index < -0.39 is 5.91 Å². The van der Waals surface area contributed by atoms with E-state index in [2.05, 4.69) is 20.4 Å². The Morgan fingerprint density at radius 2 is 2.25 bits per heavy atom. The molecule has 0 aliphatic carbocycles. The second kappa shape index (κ2) is 5.59. The number of anilines is 1. The summed E-state index contributed by atoms with van der Waals surface area (Å²) in [6.07, 6.45) is 3.40. The minimum Gasteiger partial charge on any atom is -0.383 e. The first-order chi connectivity index (χ1) is 9.18. The molecule has 108 valence electrons. The minimum atomic E-state index is -0.617. The maximum absolute atomic E-state index is 11.5. The summed E-state index contributed by atoms with van der Waals surface area (Å²) < 4.78 is 1.74. The van der Waals surface area contributed by atoms with Gasteiger partial charge in [-0.25, -0.2) is 14.6 Å². The molecule has 1 fully saturated rings. The first-order valence-corrected chi connectivity index (χ1v) is 6.17. The molecular formula is C11H16ClN7O. The van der Waals surface area contributed by atoms with E-state index in [1.54, 1.807) is 4.68 Å². The van der Waals surface area contributed by atoms with Crippen LogP contribution in [0.2, 0.25) is 0 Å². The van der Waals surface area contributed by atoms with Gasteiger partial charge in [-0.1, -0.05) is 0 Å². The van der Waals surface area contributed by atoms with Crippen LogP contribution >= 0.6 is 12.4 Å². The second-order valence-electron chi connectivity index (χ2n) is 4.62. The molecule has 2 aromatic rings. The van der Waals surface area contributed by atoms with Crippen molar-refractivity contribution in [3.63, 3.8) is 0 Å². The van der Waals surface area contributed by atoms with Gasteiger partial charge >= 0.3 is 0 Å². The molecule has 20 heavy (non-hydrogen) atoms. The SMILES string of the molecule is Cl.NC(=O)c1nn(C2CCCNC2)c2ncnc(N)c12. The number of hydrogen-bond acceptors (Lipinski definition) is 6. The van der Waals surface area contributed by atoms with Crippen LogP contribution in [0.1, 0.15) is 29.4 Å². The van der Waals surface area contributed by atoms with E-state index in [-0.39, 0.29) is 30.0 Å². The van der Waals surface area contributed by atoms with Crippen molar-refractivity contribution in [2.75, 3.05) is 18.8 Å². The number of carbonyl (C=O) groups excluding carboxylic acids is 1. The van der Waals surface area contributed by atoms with Crippen molar-refractivity contribution in [3.05, 3.63) is 12.0 Å². The van der Waals surface area contributed by atoms with Gasteiger partial charge in [0.2, 0.25) is 0 Å². The normalized spacial score (nSPS) is 18.7. The lowest BCUT2D eigenvalue weighted by Crippen LogP contribution is -2.32. The van der Waals surface area contributed by atoms with E-state index in [0.717, 1.165) is 25.9 Å². The Bertz CT molecular complexity index is 635. The van der Waals surface area contributed by atoms with Crippen LogP contribution in [0.15, 0.2) is 6.33 Å². The Morgan fingerprint density at radius 1 is 1.45 bits per heavy atom. The third-order valence-electron chi connectivity index (χ3n) is 3.37. The number of nitrogens with two attached hydrogens (primary N) is 2. The number of amides is 1. The van der Waals surface area contributed by atoms with Gasteiger partial charge in [0.15, 0.2) is 11.3 Å². The second-order valence-corrected chi connectivity index (χ2v) is 4.62. The number of halogens is 1. The van der Waals surface area contributed by atoms with E-state index in [0.29, 0.717) is 11.0 Å². The van der Waals surface area contributed by atoms with Crippen molar-refractivity contribution in [3.8, 4) is 0 Å². The highest BCUT2D eigenvalue weighted by Gasteiger charge is 2.24. The monoisotopic (exact) mass is 297 g/mol. The molecule has 2 aromatic heterocycles. The molecule has 1 unspecified atom stereocenters. The van der Waals surface area contributed by atoms with Crippen LogP contribution in [0.25, 0.3) is 11.0 Å². The molecule has 0 aromatic carbocycles. The summed E-state index contributed by atoms with van der Waals surface area (Å²) in [7, 11) is 0. The van der Waals surface area contributed by atoms with Crippen molar-refractivity contribution in [1.29, 1.82) is 0 Å². The fourth-order valence-electron chi connectivity index (χ4n) is 2.46. The molecule has 1 atom stereocenters. The fraction of sp³-hybridized carbons (Fsp3) is 0.455. The Hall–Kier alpha value is -1.93. The third kappa shape index (κ3) is 2.27. The molecule has 0 saturated carbocycles. The number of nitrogens with zero attached hydrogens (tertiary/aromatic N) is 4. The Kier molecular flexibility index (Phi) is 4.05. The average molecular weight is 298 g/mol. The van der Waals surface area contributed by atoms with E-state index >= 15 is 0 Å². The van der Waals surface area contributed by atoms with E-state index in [1.807, 2.05) is 0 Å². The Morgan fingerprint density at radius 3 is 2.90 bits per heavy atom. The highest BCUT2D eigenvalue weighted by Crippen LogP contribution is 2.26. The molecule has 0 bridgehead atoms. The van der Waals surface area contributed by atoms with Crippen molar-refractivity contribution >= 4 is 35.2 Å². The molecular weight excluding hydrogens is 282 g/mol. The van der Waals surface area contributed by atoms with Gasteiger partial charge in [-0.05, 0) is 19.4 Å². The van der Waals surface area contributed by atoms with Crippen molar-refractivity contribution < 1.29 is 4.79 Å². The molecule has 5 N–H and O–H groups in total. The van der Waals surface area contributed by atoms with E-state index in [4.69, 9.17) is 11.5 Å². The van der Waals surface area contributed by atoms with Crippen LogP contribution < -0.4 is 16.8 Å². The maximum Gasteiger partial charge on any atom is 0.270 e. The lowest BCUT2D eigenvalue weighted by atomic mass is 10.1. The first kappa shape index (κ1) is 14.5. The number of aromatic nitrogens is 4. The summed E-state index contributed by atoms with van der Waals surface area (Å²) in [5.41, 5.74) is 11.9. The molecule has 0 radical (unpaired) electrons. The molecule has 0 spiro atoms. The highest BCUT2D eigenvalue weighted by molar-refractivity contribution is 6.06. The molecule has 1 amide bonds. The van der Waals surface area contributed by atoms with E-state index in [1.165, 1.54) is 6.33 Å². The summed E-state index contributed by atoms with van der Waals surface area (Å²) >= 11 is 0. The highest BCUT2D eigenvalue weighted by atomic mass is 35.5. The van der Waals surface area contributed by atoms with Crippen LogP contribution in [-0.2, 0) is 0 Å². The number of rotatable bonds is 2. The van der Waals surface area contributed by atoms with Gasteiger partial charge in [0, 0.05) is 6.54 Å². The summed E-state index contributed by atoms with van der Waals surface area (Å²) in [4.78, 5) is 19.6. The van der Waals surface area contributed by atoms with Crippen LogP contribution in [-0.4, -0.2) is 38.7 Å². The predicted octanol–water partition coefficient (Wildman–Crippen LogP) is -0.146. The van der Waals surface area contributed by atoms with E-state index in [9.17, 15) is 4.79 Å². The molecule has 1 saturated heterocycles. The lowest BCUT2D eigenvalue weighted by molar-refractivity contribution is 0.0995. The molecule has 3 rings (SSSR count). The fourth-order valence-corrected chi connectivity index (χ4v) is 2.46. The van der Waals surface area contributed by atoms with Crippen LogP contribution in [0.3, 0.4) is 0 Å². The van der Waals surface area contributed by atoms with Crippen LogP contribution in [0.5, 0.6) is 0 Å². The number of nitrogens with one attached hydrogen (secondary N) is 1. The number of hydrogen-bond donors (Lipinski definition) is 3. The molecule has 3 heterocycles. The first-order valence-electron chi connectivity index (χ1n) is 6.17. The molecule has 9 heteroatoms. The van der Waals surface area contributed by atoms with Crippen LogP contribution in [0, 0.1) is 0 Å². The summed E-state index contributed by atoms with van der Waals surface area (Å²) in [5, 5.41) is 8.04. The van der Waals surface area contributed by atoms with Gasteiger partial charge in [-0.2, -0.15) is 5.10 Å². The molecule has 1 aliphatic heterocycles. The zero-order chi connectivity index (χ0) is 13.4. The quantitative estimate of drug-likeness (QED) is 0.708. The van der Waals surface area contributed by atoms with Gasteiger partial charge in [0.05, 0.1) is 11.4 Å². The van der Waals surface area contributed by atoms with Crippen molar-refractivity contribution in [2.45, 2.75) is 18.9 Å². The largest absolute Gasteiger partial charge is 0.383 e. The Labute approximate surface area is 121 Å². The predicted molar refractivity (Wildman–Crippen MR) is 76.6 cm³/mol. The third-order valence-corrected chi connectivity index (χ3v) is 3.37. The van der Waals surface area contributed by atoms with Gasteiger partial charge in [-0.3, -0.25) is 4.79 Å². The molecule has 1 aliphatic rings. The van der Waals surface area contributed by atoms with Crippen LogP contribution in [0.4, 0.5) is 5.82 Å². The van der Waals surface area contributed by atoms with Gasteiger partial charge in [-0.15, -0.1) is 12.4 Å². The number of piperidine rings is 1. The zero-order valence-electron chi connectivity index (χ0n) is 10.7. The van der Waals surface area contributed by atoms with Gasteiger partial charge in [0.25, 0.3) is 5.91 Å². The number of fused-ring (bicyclic) bond motifs is 1. The van der Waals surface area contributed by atoms with Crippen molar-refractivity contribution in [1.82, 2.24) is 25.1 Å². The van der Waals surface area contributed by atoms with Gasteiger partial charge < -0.3 is 16.8 Å². The summed E-state index contributed by atoms with van der Waals surface area (Å²) in [5.74, 6) is -0.386. The lowest BCUT2D eigenvalue weighted by Gasteiger charge is -2.23. The number of primary amides is 1. The maximum atomic E-state index is 11.5. The zero-order valence-corrected chi connectivity index (χ0v) is 11.6. The topological polar surface area (TPSA) is 125 Å². The smallest absolute Gasteiger partial charge is 0.270 e. The summed E-state index contributed by atoms with van der Waals surface area (Å²) in [6.45, 7) is 1.79. The minimum absolute atomic E-state index is 0. The molecule has 8 nitrogen and oxygen atoms in total. The van der Waals surface area contributed by atoms with Crippen molar-refractivity contribution in [2.24, 2.45) is 5.73 Å². The number of carbonyl (C=O) groups is 1. The summed E-state index contributed by atoms with van der Waals surface area (Å²) in [6, 6.07) is 0.152. The number of nitrogen functional groups attached to an aromatic ring is 1. The standard InChI is InChI=1S/C11H15N7O.ClH/c12-9-7-8(10(13)19)17-18(11(7)16-5-15-9)6-2-1-3-14-4-6;/h5-6,14H,1-4H2,(H2,13,19)(H2,12,15,16);1H. The Balaban J connectivity index is 0.00000147.